The lowest BCUT2D eigenvalue weighted by Crippen LogP contribution is -2.58. The lowest BCUT2D eigenvalue weighted by molar-refractivity contribution is -0.124. The van der Waals surface area contributed by atoms with Gasteiger partial charge in [-0.15, -0.1) is 0 Å². The first-order valence-corrected chi connectivity index (χ1v) is 15.0. The predicted octanol–water partition coefficient (Wildman–Crippen LogP) is 7.07. The van der Waals surface area contributed by atoms with Crippen LogP contribution in [0.5, 0.6) is 0 Å². The molecule has 0 aromatic heterocycles. The summed E-state index contributed by atoms with van der Waals surface area (Å²) in [7, 11) is 0. The van der Waals surface area contributed by atoms with E-state index in [2.05, 4.69) is 15.8 Å². The van der Waals surface area contributed by atoms with Crippen LogP contribution in [0.15, 0.2) is 114 Å². The van der Waals surface area contributed by atoms with E-state index >= 15 is 0 Å². The summed E-state index contributed by atoms with van der Waals surface area (Å²) in [6.07, 6.45) is 0.231. The van der Waals surface area contributed by atoms with Crippen molar-refractivity contribution < 1.29 is 19.6 Å². The topological polar surface area (TPSA) is 118 Å². The number of urea groups is 2. The molecule has 6 rings (SSSR count). The molecular weight excluding hydrogens is 604 g/mol. The zero-order valence-corrected chi connectivity index (χ0v) is 25.8. The van der Waals surface area contributed by atoms with Crippen molar-refractivity contribution in [2.24, 2.45) is 5.10 Å². The van der Waals surface area contributed by atoms with Crippen molar-refractivity contribution in [2.75, 3.05) is 16.8 Å². The fraction of sp³-hybridized carbons (Fsp3) is 0.143. The Balaban J connectivity index is 1.32. The molecule has 0 radical (unpaired) electrons. The van der Waals surface area contributed by atoms with Gasteiger partial charge in [0, 0.05) is 15.8 Å². The number of halogens is 1. The summed E-state index contributed by atoms with van der Waals surface area (Å²) in [5, 5.41) is 22.8. The third-order valence-electron chi connectivity index (χ3n) is 8.08. The monoisotopic (exact) mass is 634 g/mol. The van der Waals surface area contributed by atoms with Crippen molar-refractivity contribution in [3.63, 3.8) is 0 Å². The summed E-state index contributed by atoms with van der Waals surface area (Å²) >= 11 is 5.94. The minimum Gasteiger partial charge on any atom is -0.306 e. The highest BCUT2D eigenvalue weighted by Gasteiger charge is 2.56. The number of benzene rings is 5. The molecule has 0 unspecified atom stereocenters. The number of hydroxylamine groups is 2. The Morgan fingerprint density at radius 3 is 2.22 bits per heavy atom. The van der Waals surface area contributed by atoms with Crippen LogP contribution >= 0.6 is 11.6 Å². The van der Waals surface area contributed by atoms with Gasteiger partial charge in [0.25, 0.3) is 5.91 Å². The lowest BCUT2D eigenvalue weighted by atomic mass is 9.99. The smallest absolute Gasteiger partial charge is 0.306 e. The third-order valence-corrected chi connectivity index (χ3v) is 8.33. The summed E-state index contributed by atoms with van der Waals surface area (Å²) in [4.78, 5) is 43.7. The van der Waals surface area contributed by atoms with E-state index in [-0.39, 0.29) is 6.54 Å². The molecule has 3 N–H and O–H groups in total. The van der Waals surface area contributed by atoms with Gasteiger partial charge in [-0.1, -0.05) is 96.5 Å². The third kappa shape index (κ3) is 5.83. The van der Waals surface area contributed by atoms with Crippen LogP contribution < -0.4 is 15.6 Å². The van der Waals surface area contributed by atoms with Crippen LogP contribution in [0.25, 0.3) is 21.5 Å². The molecule has 0 spiro atoms. The number of amides is 5. The van der Waals surface area contributed by atoms with E-state index in [0.717, 1.165) is 27.1 Å². The molecule has 0 bridgehead atoms. The standard InChI is InChI=1S/C35H31ClN6O4/c1-35(2)32(42(46)33(44)38-29-15-7-11-24-9-3-5-13-27(24)29)41(30-16-8-12-25-10-4-6-14-28(25)30)34(45)40(35)22-31(43)39-37-21-23-17-19-26(36)20-18-23/h3-21,32,46H,22H2,1-2H3,(H,38,44)(H,39,43)/b37-21-/t32-/m1/s1. The molecule has 1 aliphatic rings. The second-order valence-electron chi connectivity index (χ2n) is 11.4. The van der Waals surface area contributed by atoms with Crippen molar-refractivity contribution >= 4 is 68.7 Å². The van der Waals surface area contributed by atoms with E-state index in [1.54, 1.807) is 62.4 Å². The Kier molecular flexibility index (Phi) is 8.31. The Labute approximate surface area is 270 Å². The van der Waals surface area contributed by atoms with E-state index < -0.39 is 29.7 Å². The lowest BCUT2D eigenvalue weighted by Gasteiger charge is -2.38. The number of hydrogen-bond donors (Lipinski definition) is 3. The number of rotatable bonds is 7. The number of anilines is 2. The highest BCUT2D eigenvalue weighted by atomic mass is 35.5. The zero-order chi connectivity index (χ0) is 32.4. The quantitative estimate of drug-likeness (QED) is 0.101. The van der Waals surface area contributed by atoms with Gasteiger partial charge in [-0.25, -0.2) is 15.0 Å². The number of carbonyl (C=O) groups is 3. The van der Waals surface area contributed by atoms with E-state index in [9.17, 15) is 19.6 Å². The molecule has 1 heterocycles. The molecule has 5 aromatic carbocycles. The molecule has 10 nitrogen and oxygen atoms in total. The molecule has 5 aromatic rings. The van der Waals surface area contributed by atoms with Crippen molar-refractivity contribution in [1.29, 1.82) is 0 Å². The van der Waals surface area contributed by atoms with Crippen LogP contribution in [0.4, 0.5) is 21.0 Å². The van der Waals surface area contributed by atoms with Crippen LogP contribution in [-0.2, 0) is 4.79 Å². The van der Waals surface area contributed by atoms with Crippen LogP contribution in [0.3, 0.4) is 0 Å². The fourth-order valence-electron chi connectivity index (χ4n) is 5.79. The maximum Gasteiger partial charge on any atom is 0.347 e. The first-order valence-electron chi connectivity index (χ1n) is 14.6. The predicted molar refractivity (Wildman–Crippen MR) is 180 cm³/mol. The molecule has 0 saturated carbocycles. The normalized spacial score (nSPS) is 15.9. The zero-order valence-electron chi connectivity index (χ0n) is 25.1. The van der Waals surface area contributed by atoms with Gasteiger partial charge in [0.1, 0.15) is 6.54 Å². The van der Waals surface area contributed by atoms with Gasteiger partial charge >= 0.3 is 12.1 Å². The number of nitrogens with one attached hydrogen (secondary N) is 2. The summed E-state index contributed by atoms with van der Waals surface area (Å²) < 4.78 is 0. The van der Waals surface area contributed by atoms with Crippen LogP contribution in [0.2, 0.25) is 5.02 Å². The van der Waals surface area contributed by atoms with Gasteiger partial charge in [0.15, 0.2) is 6.17 Å². The average molecular weight is 635 g/mol. The van der Waals surface area contributed by atoms with Crippen LogP contribution in [0.1, 0.15) is 19.4 Å². The molecule has 1 saturated heterocycles. The molecule has 232 valence electrons. The first kappa shape index (κ1) is 30.6. The Morgan fingerprint density at radius 1 is 0.891 bits per heavy atom. The maximum absolute atomic E-state index is 14.2. The molecule has 46 heavy (non-hydrogen) atoms. The number of hydrogen-bond acceptors (Lipinski definition) is 5. The highest BCUT2D eigenvalue weighted by molar-refractivity contribution is 6.30. The van der Waals surface area contributed by atoms with Crippen molar-refractivity contribution in [3.05, 3.63) is 120 Å². The molecular formula is C35H31ClN6O4. The molecule has 11 heteroatoms. The number of fused-ring (bicyclic) bond motifs is 2. The van der Waals surface area contributed by atoms with Crippen molar-refractivity contribution in [1.82, 2.24) is 15.4 Å². The second-order valence-corrected chi connectivity index (χ2v) is 11.8. The van der Waals surface area contributed by atoms with Gasteiger partial charge in [-0.3, -0.25) is 14.9 Å². The largest absolute Gasteiger partial charge is 0.347 e. The Bertz CT molecular complexity index is 1970. The second kappa shape index (κ2) is 12.5. The summed E-state index contributed by atoms with van der Waals surface area (Å²) in [5.41, 5.74) is 2.90. The SMILES string of the molecule is CC1(C)[C@@H](N(O)C(=O)Nc2cccc3ccccc23)N(c2cccc3ccccc23)C(=O)N1CC(=O)N/N=C\c1ccc(Cl)cc1. The minimum absolute atomic E-state index is 0.389. The summed E-state index contributed by atoms with van der Waals surface area (Å²) in [6, 6.07) is 31.5. The Morgan fingerprint density at radius 2 is 1.50 bits per heavy atom. The molecule has 0 aliphatic carbocycles. The van der Waals surface area contributed by atoms with E-state index in [1.165, 1.54) is 16.0 Å². The van der Waals surface area contributed by atoms with Gasteiger partial charge < -0.3 is 10.2 Å². The Hall–Kier alpha value is -5.45. The van der Waals surface area contributed by atoms with E-state index in [1.807, 2.05) is 60.7 Å². The average Bonchev–Trinajstić information content (AvgIpc) is 3.25. The highest BCUT2D eigenvalue weighted by Crippen LogP contribution is 2.40. The van der Waals surface area contributed by atoms with Gasteiger partial charge in [0.05, 0.1) is 23.1 Å². The minimum atomic E-state index is -1.25. The van der Waals surface area contributed by atoms with Gasteiger partial charge in [0.2, 0.25) is 0 Å². The number of hydrazone groups is 1. The molecule has 1 atom stereocenters. The number of carbonyl (C=O) groups excluding carboxylic acids is 3. The van der Waals surface area contributed by atoms with Crippen molar-refractivity contribution in [3.8, 4) is 0 Å². The van der Waals surface area contributed by atoms with Crippen LogP contribution in [-0.4, -0.2) is 57.6 Å². The molecule has 1 aliphatic heterocycles. The van der Waals surface area contributed by atoms with Gasteiger partial charge in [-0.05, 0) is 54.4 Å². The van der Waals surface area contributed by atoms with Crippen molar-refractivity contribution in [2.45, 2.75) is 25.6 Å². The maximum atomic E-state index is 14.2. The summed E-state index contributed by atoms with van der Waals surface area (Å²) in [5.74, 6) is -0.560. The fourth-order valence-corrected chi connectivity index (χ4v) is 5.92. The molecule has 1 fully saturated rings. The van der Waals surface area contributed by atoms with Gasteiger partial charge in [-0.2, -0.15) is 10.2 Å². The van der Waals surface area contributed by atoms with E-state index in [0.29, 0.717) is 21.5 Å². The summed E-state index contributed by atoms with van der Waals surface area (Å²) in [6.45, 7) is 3.00. The first-order chi connectivity index (χ1) is 22.1. The molecule has 5 amide bonds. The van der Waals surface area contributed by atoms with E-state index in [4.69, 9.17) is 11.6 Å². The number of nitrogens with zero attached hydrogens (tertiary/aromatic N) is 4. The van der Waals surface area contributed by atoms with Crippen LogP contribution in [0, 0.1) is 0 Å².